The molecular weight excluding hydrogens is 408 g/mol. The molecule has 2 nitrogen and oxygen atoms in total. The zero-order valence-electron chi connectivity index (χ0n) is 21.0. The van der Waals surface area contributed by atoms with E-state index in [-0.39, 0.29) is 0 Å². The van der Waals surface area contributed by atoms with Crippen molar-refractivity contribution in [3.05, 3.63) is 60.2 Å². The molecule has 0 aliphatic heterocycles. The topological polar surface area (TPSA) is 18.5 Å². The van der Waals surface area contributed by atoms with Crippen molar-refractivity contribution in [1.29, 1.82) is 0 Å². The van der Waals surface area contributed by atoms with Crippen molar-refractivity contribution in [3.63, 3.8) is 0 Å². The maximum atomic E-state index is 6.62. The first kappa shape index (κ1) is 26.4. The summed E-state index contributed by atoms with van der Waals surface area (Å²) in [4.78, 5) is 0. The van der Waals surface area contributed by atoms with Gasteiger partial charge >= 0.3 is 0 Å². The summed E-state index contributed by atoms with van der Waals surface area (Å²) in [6.45, 7) is 16.0. The van der Waals surface area contributed by atoms with E-state index in [1.54, 1.807) is 0 Å². The second-order valence-corrected chi connectivity index (χ2v) is 15.0. The predicted octanol–water partition coefficient (Wildman–Crippen LogP) is 8.24. The second-order valence-electron chi connectivity index (χ2n) is 9.49. The van der Waals surface area contributed by atoms with Crippen LogP contribution in [0.5, 0.6) is 0 Å². The first-order valence-electron chi connectivity index (χ1n) is 12.2. The minimum atomic E-state index is -1.73. The lowest BCUT2D eigenvalue weighted by molar-refractivity contribution is 0.154. The van der Waals surface area contributed by atoms with E-state index in [9.17, 15) is 0 Å². The third-order valence-electron chi connectivity index (χ3n) is 6.41. The van der Waals surface area contributed by atoms with Crippen molar-refractivity contribution in [3.8, 4) is 23.0 Å². The monoisotopic (exact) mass is 450 g/mol. The van der Waals surface area contributed by atoms with Crippen LogP contribution in [0.1, 0.15) is 66.4 Å². The molecule has 0 amide bonds. The molecule has 0 unspecified atom stereocenters. The van der Waals surface area contributed by atoms with Crippen molar-refractivity contribution < 1.29 is 9.16 Å². The molecule has 0 spiro atoms. The van der Waals surface area contributed by atoms with E-state index >= 15 is 0 Å². The molecule has 0 atom stereocenters. The standard InChI is InChI=1S/C29H42O2Si/c1-24(2)32(25(3)4,26(5)6)31-22-16-9-7-8-15-21-30-23-28-19-13-14-20-29(28)27-17-11-10-12-18-27/h10-14,17-20,24-26H,7,9,16,21-23H2,1-6H3. The average molecular weight is 451 g/mol. The lowest BCUT2D eigenvalue weighted by Gasteiger charge is -2.42. The van der Waals surface area contributed by atoms with Gasteiger partial charge < -0.3 is 9.16 Å². The SMILES string of the molecule is CC(C)[Si](OCCCCC#CCOCc1ccccc1-c1ccccc1)(C(C)C)C(C)C. The molecular formula is C29H42O2Si. The highest BCUT2D eigenvalue weighted by Gasteiger charge is 2.44. The summed E-state index contributed by atoms with van der Waals surface area (Å²) in [6, 6.07) is 18.9. The summed E-state index contributed by atoms with van der Waals surface area (Å²) >= 11 is 0. The van der Waals surface area contributed by atoms with Crippen LogP contribution in [0.25, 0.3) is 11.1 Å². The molecule has 0 saturated carbocycles. The molecule has 0 aromatic heterocycles. The Labute approximate surface area is 197 Å². The van der Waals surface area contributed by atoms with Gasteiger partial charge in [-0.2, -0.15) is 0 Å². The normalized spacial score (nSPS) is 11.8. The Morgan fingerprint density at radius 1 is 0.750 bits per heavy atom. The van der Waals surface area contributed by atoms with E-state index in [0.29, 0.717) is 29.8 Å². The molecule has 3 heteroatoms. The van der Waals surface area contributed by atoms with Gasteiger partial charge in [0.1, 0.15) is 6.61 Å². The van der Waals surface area contributed by atoms with E-state index < -0.39 is 8.32 Å². The zero-order valence-corrected chi connectivity index (χ0v) is 22.0. The number of unbranched alkanes of at least 4 members (excludes halogenated alkanes) is 2. The van der Waals surface area contributed by atoms with Crippen LogP contribution in [-0.4, -0.2) is 21.5 Å². The highest BCUT2D eigenvalue weighted by molar-refractivity contribution is 6.77. The molecule has 0 bridgehead atoms. The van der Waals surface area contributed by atoms with Gasteiger partial charge in [0.05, 0.1) is 6.61 Å². The Bertz CT molecular complexity index is 824. The fraction of sp³-hybridized carbons (Fsp3) is 0.517. The molecule has 2 aromatic rings. The van der Waals surface area contributed by atoms with Crippen molar-refractivity contribution in [2.45, 2.75) is 84.0 Å². The number of ether oxygens (including phenoxy) is 1. The molecule has 0 heterocycles. The first-order chi connectivity index (χ1) is 15.4. The van der Waals surface area contributed by atoms with Gasteiger partial charge in [0.15, 0.2) is 8.32 Å². The quantitative estimate of drug-likeness (QED) is 0.184. The molecule has 2 aromatic carbocycles. The lowest BCUT2D eigenvalue weighted by atomic mass is 10.0. The summed E-state index contributed by atoms with van der Waals surface area (Å²) in [5.41, 5.74) is 5.58. The zero-order chi connectivity index (χ0) is 23.4. The van der Waals surface area contributed by atoms with Crippen molar-refractivity contribution >= 4 is 8.32 Å². The lowest BCUT2D eigenvalue weighted by Crippen LogP contribution is -2.47. The fourth-order valence-electron chi connectivity index (χ4n) is 4.96. The van der Waals surface area contributed by atoms with Crippen LogP contribution in [0.3, 0.4) is 0 Å². The second kappa shape index (κ2) is 13.6. The highest BCUT2D eigenvalue weighted by atomic mass is 28.4. The van der Waals surface area contributed by atoms with E-state index in [0.717, 1.165) is 25.9 Å². The molecule has 0 saturated heterocycles. The Morgan fingerprint density at radius 2 is 1.38 bits per heavy atom. The molecule has 32 heavy (non-hydrogen) atoms. The van der Waals surface area contributed by atoms with Gasteiger partial charge in [-0.3, -0.25) is 0 Å². The summed E-state index contributed by atoms with van der Waals surface area (Å²) in [5.74, 6) is 6.44. The Kier molecular flexibility index (Phi) is 11.2. The van der Waals surface area contributed by atoms with Crippen LogP contribution in [0.2, 0.25) is 16.6 Å². The smallest absolute Gasteiger partial charge is 0.200 e. The molecule has 174 valence electrons. The first-order valence-corrected chi connectivity index (χ1v) is 14.3. The molecule has 0 fully saturated rings. The number of rotatable bonds is 12. The van der Waals surface area contributed by atoms with Crippen LogP contribution in [0.4, 0.5) is 0 Å². The summed E-state index contributed by atoms with van der Waals surface area (Å²) in [6.07, 6.45) is 3.08. The number of benzene rings is 2. The molecule has 2 rings (SSSR count). The third-order valence-corrected chi connectivity index (χ3v) is 12.5. The van der Waals surface area contributed by atoms with Crippen LogP contribution in [0.15, 0.2) is 54.6 Å². The molecule has 0 N–H and O–H groups in total. The van der Waals surface area contributed by atoms with Crippen LogP contribution < -0.4 is 0 Å². The Balaban J connectivity index is 1.70. The Hall–Kier alpha value is -1.86. The predicted molar refractivity (Wildman–Crippen MR) is 140 cm³/mol. The highest BCUT2D eigenvalue weighted by Crippen LogP contribution is 2.42. The minimum absolute atomic E-state index is 0.476. The van der Waals surface area contributed by atoms with Gasteiger partial charge in [-0.25, -0.2) is 0 Å². The number of hydrogen-bond donors (Lipinski definition) is 0. The average Bonchev–Trinajstić information content (AvgIpc) is 2.77. The van der Waals surface area contributed by atoms with Gasteiger partial charge in [-0.1, -0.05) is 102 Å². The summed E-state index contributed by atoms with van der Waals surface area (Å²) in [7, 11) is -1.73. The van der Waals surface area contributed by atoms with E-state index in [4.69, 9.17) is 9.16 Å². The maximum absolute atomic E-state index is 6.62. The largest absolute Gasteiger partial charge is 0.416 e. The summed E-state index contributed by atoms with van der Waals surface area (Å²) in [5, 5.41) is 0. The van der Waals surface area contributed by atoms with Gasteiger partial charge in [-0.15, -0.1) is 5.92 Å². The van der Waals surface area contributed by atoms with Crippen molar-refractivity contribution in [2.24, 2.45) is 0 Å². The fourth-order valence-corrected chi connectivity index (χ4v) is 10.5. The van der Waals surface area contributed by atoms with Crippen LogP contribution in [0, 0.1) is 11.8 Å². The van der Waals surface area contributed by atoms with E-state index in [1.807, 2.05) is 6.07 Å². The van der Waals surface area contributed by atoms with E-state index in [1.165, 1.54) is 16.7 Å². The van der Waals surface area contributed by atoms with Gasteiger partial charge in [0.2, 0.25) is 0 Å². The van der Waals surface area contributed by atoms with Crippen LogP contribution >= 0.6 is 0 Å². The maximum Gasteiger partial charge on any atom is 0.200 e. The number of hydrogen-bond acceptors (Lipinski definition) is 2. The molecule has 0 radical (unpaired) electrons. The minimum Gasteiger partial charge on any atom is -0.416 e. The third kappa shape index (κ3) is 7.34. The van der Waals surface area contributed by atoms with E-state index in [2.05, 4.69) is 102 Å². The van der Waals surface area contributed by atoms with Crippen molar-refractivity contribution in [1.82, 2.24) is 0 Å². The Morgan fingerprint density at radius 3 is 2.03 bits per heavy atom. The summed E-state index contributed by atoms with van der Waals surface area (Å²) < 4.78 is 12.5. The molecule has 0 aliphatic carbocycles. The van der Waals surface area contributed by atoms with Crippen molar-refractivity contribution in [2.75, 3.05) is 13.2 Å². The molecule has 0 aliphatic rings. The van der Waals surface area contributed by atoms with Gasteiger partial charge in [0.25, 0.3) is 0 Å². The van der Waals surface area contributed by atoms with Gasteiger partial charge in [0, 0.05) is 13.0 Å². The van der Waals surface area contributed by atoms with Gasteiger partial charge in [-0.05, 0) is 46.2 Å². The van der Waals surface area contributed by atoms with Crippen LogP contribution in [-0.2, 0) is 15.8 Å².